The zero-order chi connectivity index (χ0) is 19.0. The summed E-state index contributed by atoms with van der Waals surface area (Å²) >= 11 is 0. The zero-order valence-corrected chi connectivity index (χ0v) is 18.5. The molecule has 2 N–H and O–H groups in total. The molecule has 5 nitrogen and oxygen atoms in total. The maximum absolute atomic E-state index is 13.4. The summed E-state index contributed by atoms with van der Waals surface area (Å²) in [6, 6.07) is 12.7. The predicted molar refractivity (Wildman–Crippen MR) is 121 cm³/mol. The van der Waals surface area contributed by atoms with Gasteiger partial charge in [-0.05, 0) is 49.6 Å². The molecule has 7 heteroatoms. The van der Waals surface area contributed by atoms with E-state index in [0.717, 1.165) is 43.1 Å². The number of benzene rings is 1. The Hall–Kier alpha value is -1.74. The number of guanidine groups is 1. The van der Waals surface area contributed by atoms with Crippen LogP contribution in [0.15, 0.2) is 53.7 Å². The summed E-state index contributed by atoms with van der Waals surface area (Å²) in [6.07, 6.45) is 3.56. The lowest BCUT2D eigenvalue weighted by molar-refractivity contribution is 0.0513. The van der Waals surface area contributed by atoms with E-state index in [2.05, 4.69) is 20.6 Å². The summed E-state index contributed by atoms with van der Waals surface area (Å²) in [5.41, 5.74) is 1.97. The normalized spacial score (nSPS) is 16.1. The number of nitrogens with zero attached hydrogens (tertiary/aromatic N) is 2. The molecule has 2 aromatic rings. The van der Waals surface area contributed by atoms with Gasteiger partial charge in [-0.15, -0.1) is 24.0 Å². The van der Waals surface area contributed by atoms with Crippen molar-refractivity contribution in [3.63, 3.8) is 0 Å². The van der Waals surface area contributed by atoms with E-state index < -0.39 is 0 Å². The van der Waals surface area contributed by atoms with Crippen molar-refractivity contribution in [2.24, 2.45) is 4.99 Å². The third-order valence-electron chi connectivity index (χ3n) is 4.97. The van der Waals surface area contributed by atoms with Crippen molar-refractivity contribution >= 4 is 29.9 Å². The molecule has 3 rings (SSSR count). The van der Waals surface area contributed by atoms with Gasteiger partial charge < -0.3 is 15.4 Å². The third-order valence-corrected chi connectivity index (χ3v) is 4.97. The first kappa shape index (κ1) is 22.5. The second kappa shape index (κ2) is 11.3. The van der Waals surface area contributed by atoms with Crippen LogP contribution in [0, 0.1) is 5.82 Å². The highest BCUT2D eigenvalue weighted by atomic mass is 127. The Bertz CT molecular complexity index is 734. The second-order valence-corrected chi connectivity index (χ2v) is 6.77. The standard InChI is InChI=1S/C21H27FN4O.HI/c1-2-23-20(25-15-19-5-3-4-12-24-19)26-16-21(10-13-27-14-11-21)17-6-8-18(22)9-7-17;/h3-9,12H,2,10-11,13-16H2,1H3,(H2,23,25,26);1H. The number of hydrogen-bond acceptors (Lipinski definition) is 3. The van der Waals surface area contributed by atoms with Crippen LogP contribution in [0.2, 0.25) is 0 Å². The van der Waals surface area contributed by atoms with E-state index in [1.54, 1.807) is 6.20 Å². The lowest BCUT2D eigenvalue weighted by Crippen LogP contribution is -2.48. The number of ether oxygens (including phenoxy) is 1. The molecule has 1 saturated heterocycles. The van der Waals surface area contributed by atoms with E-state index in [9.17, 15) is 4.39 Å². The summed E-state index contributed by atoms with van der Waals surface area (Å²) in [4.78, 5) is 8.96. The van der Waals surface area contributed by atoms with Crippen LogP contribution in [0.4, 0.5) is 4.39 Å². The SMILES string of the molecule is CCNC(=NCc1ccccn1)NCC1(c2ccc(F)cc2)CCOCC1.I. The topological polar surface area (TPSA) is 58.5 Å². The molecule has 1 fully saturated rings. The number of rotatable bonds is 6. The molecule has 152 valence electrons. The first-order chi connectivity index (χ1) is 13.2. The Balaban J connectivity index is 0.00000280. The number of pyridine rings is 1. The minimum Gasteiger partial charge on any atom is -0.381 e. The molecule has 0 bridgehead atoms. The molecule has 0 amide bonds. The van der Waals surface area contributed by atoms with Gasteiger partial charge in [-0.1, -0.05) is 18.2 Å². The van der Waals surface area contributed by atoms with Crippen molar-refractivity contribution in [3.05, 3.63) is 65.7 Å². The summed E-state index contributed by atoms with van der Waals surface area (Å²) in [7, 11) is 0. The number of aliphatic imine (C=N–C) groups is 1. The van der Waals surface area contributed by atoms with Crippen LogP contribution in [-0.4, -0.2) is 37.2 Å². The zero-order valence-electron chi connectivity index (χ0n) is 16.2. The Kier molecular flexibility index (Phi) is 9.11. The van der Waals surface area contributed by atoms with Gasteiger partial charge in [-0.25, -0.2) is 9.38 Å². The molecule has 28 heavy (non-hydrogen) atoms. The molecule has 0 radical (unpaired) electrons. The predicted octanol–water partition coefficient (Wildman–Crippen LogP) is 3.64. The molecular weight excluding hydrogens is 470 g/mol. The minimum atomic E-state index is -0.209. The van der Waals surface area contributed by atoms with Gasteiger partial charge in [0.2, 0.25) is 0 Å². The smallest absolute Gasteiger partial charge is 0.191 e. The lowest BCUT2D eigenvalue weighted by Gasteiger charge is -2.38. The molecule has 0 atom stereocenters. The molecule has 0 aliphatic carbocycles. The van der Waals surface area contributed by atoms with Crippen LogP contribution in [-0.2, 0) is 16.7 Å². The maximum Gasteiger partial charge on any atom is 0.191 e. The van der Waals surface area contributed by atoms with Gasteiger partial charge in [0.05, 0.1) is 12.2 Å². The summed E-state index contributed by atoms with van der Waals surface area (Å²) in [5.74, 6) is 0.551. The fraction of sp³-hybridized carbons (Fsp3) is 0.429. The quantitative estimate of drug-likeness (QED) is 0.363. The van der Waals surface area contributed by atoms with E-state index in [1.165, 1.54) is 12.1 Å². The summed E-state index contributed by atoms with van der Waals surface area (Å²) in [5, 5.41) is 6.77. The fourth-order valence-electron chi connectivity index (χ4n) is 3.38. The third kappa shape index (κ3) is 6.13. The van der Waals surface area contributed by atoms with E-state index in [1.807, 2.05) is 37.3 Å². The monoisotopic (exact) mass is 498 g/mol. The van der Waals surface area contributed by atoms with Gasteiger partial charge in [0.15, 0.2) is 5.96 Å². The summed E-state index contributed by atoms with van der Waals surface area (Å²) in [6.45, 7) is 5.48. The van der Waals surface area contributed by atoms with E-state index in [-0.39, 0.29) is 35.2 Å². The molecule has 0 saturated carbocycles. The van der Waals surface area contributed by atoms with Crippen LogP contribution in [0.5, 0.6) is 0 Å². The van der Waals surface area contributed by atoms with Gasteiger partial charge in [0.1, 0.15) is 5.82 Å². The Morgan fingerprint density at radius 1 is 1.14 bits per heavy atom. The Morgan fingerprint density at radius 2 is 1.89 bits per heavy atom. The molecule has 1 aromatic carbocycles. The van der Waals surface area contributed by atoms with Crippen molar-refractivity contribution < 1.29 is 9.13 Å². The van der Waals surface area contributed by atoms with Gasteiger partial charge in [0, 0.05) is 37.9 Å². The lowest BCUT2D eigenvalue weighted by atomic mass is 9.74. The maximum atomic E-state index is 13.4. The summed E-state index contributed by atoms with van der Waals surface area (Å²) < 4.78 is 19.0. The van der Waals surface area contributed by atoms with Crippen molar-refractivity contribution in [2.45, 2.75) is 31.7 Å². The van der Waals surface area contributed by atoms with E-state index in [4.69, 9.17) is 4.74 Å². The Labute approximate surface area is 183 Å². The van der Waals surface area contributed by atoms with Crippen LogP contribution in [0.3, 0.4) is 0 Å². The van der Waals surface area contributed by atoms with E-state index >= 15 is 0 Å². The number of nitrogens with one attached hydrogen (secondary N) is 2. The largest absolute Gasteiger partial charge is 0.381 e. The molecule has 0 spiro atoms. The molecular formula is C21H28FIN4O. The van der Waals surface area contributed by atoms with Crippen molar-refractivity contribution in [1.29, 1.82) is 0 Å². The van der Waals surface area contributed by atoms with Crippen molar-refractivity contribution in [1.82, 2.24) is 15.6 Å². The first-order valence-corrected chi connectivity index (χ1v) is 9.48. The average molecular weight is 498 g/mol. The molecule has 1 aliphatic rings. The van der Waals surface area contributed by atoms with Gasteiger partial charge in [0.25, 0.3) is 0 Å². The van der Waals surface area contributed by atoms with Gasteiger partial charge in [-0.2, -0.15) is 0 Å². The van der Waals surface area contributed by atoms with Crippen LogP contribution < -0.4 is 10.6 Å². The fourth-order valence-corrected chi connectivity index (χ4v) is 3.38. The highest BCUT2D eigenvalue weighted by Crippen LogP contribution is 2.34. The second-order valence-electron chi connectivity index (χ2n) is 6.77. The number of hydrogen-bond donors (Lipinski definition) is 2. The van der Waals surface area contributed by atoms with Gasteiger partial charge in [-0.3, -0.25) is 4.98 Å². The highest BCUT2D eigenvalue weighted by Gasteiger charge is 2.34. The molecule has 0 unspecified atom stereocenters. The van der Waals surface area contributed by atoms with Crippen molar-refractivity contribution in [3.8, 4) is 0 Å². The minimum absolute atomic E-state index is 0. The highest BCUT2D eigenvalue weighted by molar-refractivity contribution is 14.0. The number of halogens is 2. The van der Waals surface area contributed by atoms with Crippen LogP contribution in [0.25, 0.3) is 0 Å². The van der Waals surface area contributed by atoms with E-state index in [0.29, 0.717) is 19.8 Å². The molecule has 1 aliphatic heterocycles. The molecule has 1 aromatic heterocycles. The van der Waals surface area contributed by atoms with Crippen molar-refractivity contribution in [2.75, 3.05) is 26.3 Å². The number of aromatic nitrogens is 1. The molecule has 2 heterocycles. The first-order valence-electron chi connectivity index (χ1n) is 9.48. The van der Waals surface area contributed by atoms with Gasteiger partial charge >= 0.3 is 0 Å². The van der Waals surface area contributed by atoms with Crippen LogP contribution >= 0.6 is 24.0 Å². The Morgan fingerprint density at radius 3 is 2.54 bits per heavy atom. The van der Waals surface area contributed by atoms with Crippen LogP contribution in [0.1, 0.15) is 31.0 Å². The average Bonchev–Trinajstić information content (AvgIpc) is 2.72.